The van der Waals surface area contributed by atoms with Crippen LogP contribution in [-0.2, 0) is 9.53 Å². The first-order chi connectivity index (χ1) is 9.35. The Kier molecular flexibility index (Phi) is 5.09. The van der Waals surface area contributed by atoms with Crippen LogP contribution in [0.1, 0.15) is 10.4 Å². The molecule has 1 amide bonds. The Hall–Kier alpha value is -2.55. The number of carboxylic acids is 1. The highest BCUT2D eigenvalue weighted by molar-refractivity contribution is 5.97. The zero-order chi connectivity index (χ0) is 15.3. The number of carbonyl (C=O) groups is 2. The Labute approximate surface area is 112 Å². The Morgan fingerprint density at radius 3 is 2.65 bits per heavy atom. The number of halogens is 1. The normalized spacial score (nSPS) is 11.7. The van der Waals surface area contributed by atoms with E-state index in [-0.39, 0.29) is 12.2 Å². The van der Waals surface area contributed by atoms with Gasteiger partial charge in [-0.1, -0.05) is 0 Å². The van der Waals surface area contributed by atoms with Crippen molar-refractivity contribution in [1.29, 1.82) is 0 Å². The van der Waals surface area contributed by atoms with E-state index in [9.17, 15) is 24.1 Å². The number of nitrogens with zero attached hydrogens (tertiary/aromatic N) is 1. The van der Waals surface area contributed by atoms with Gasteiger partial charge in [0.2, 0.25) is 0 Å². The highest BCUT2D eigenvalue weighted by Crippen LogP contribution is 2.16. The predicted molar refractivity (Wildman–Crippen MR) is 63.8 cm³/mol. The standard InChI is InChI=1S/C11H11FN2O6/c1-20-5-9(11(16)17)13-10(15)6-2-7(12)4-8(3-6)14(18)19/h2-4,9H,5H2,1H3,(H,13,15)(H,16,17). The first kappa shape index (κ1) is 15.5. The number of carboxylic acid groups (broad SMARTS) is 1. The number of hydrogen-bond acceptors (Lipinski definition) is 5. The summed E-state index contributed by atoms with van der Waals surface area (Å²) in [4.78, 5) is 32.3. The van der Waals surface area contributed by atoms with Crippen molar-refractivity contribution in [2.24, 2.45) is 0 Å². The lowest BCUT2D eigenvalue weighted by Crippen LogP contribution is -2.43. The number of carbonyl (C=O) groups excluding carboxylic acids is 1. The van der Waals surface area contributed by atoms with Gasteiger partial charge < -0.3 is 15.2 Å². The third kappa shape index (κ3) is 3.99. The summed E-state index contributed by atoms with van der Waals surface area (Å²) < 4.78 is 17.8. The lowest BCUT2D eigenvalue weighted by molar-refractivity contribution is -0.385. The van der Waals surface area contributed by atoms with Gasteiger partial charge in [-0.3, -0.25) is 14.9 Å². The summed E-state index contributed by atoms with van der Waals surface area (Å²) in [6, 6.07) is 0.938. The number of aliphatic carboxylic acids is 1. The van der Waals surface area contributed by atoms with E-state index < -0.39 is 34.3 Å². The maximum atomic E-state index is 13.2. The van der Waals surface area contributed by atoms with Crippen LogP contribution < -0.4 is 5.32 Å². The van der Waals surface area contributed by atoms with Crippen molar-refractivity contribution in [3.63, 3.8) is 0 Å². The van der Waals surface area contributed by atoms with Crippen molar-refractivity contribution in [2.45, 2.75) is 6.04 Å². The first-order valence-electron chi connectivity index (χ1n) is 5.32. The molecule has 20 heavy (non-hydrogen) atoms. The molecule has 0 radical (unpaired) electrons. The Balaban J connectivity index is 2.97. The van der Waals surface area contributed by atoms with Crippen LogP contribution in [0.3, 0.4) is 0 Å². The fourth-order valence-electron chi connectivity index (χ4n) is 1.39. The van der Waals surface area contributed by atoms with E-state index in [1.807, 2.05) is 0 Å². The van der Waals surface area contributed by atoms with Crippen LogP contribution in [0.5, 0.6) is 0 Å². The minimum Gasteiger partial charge on any atom is -0.480 e. The molecule has 1 aromatic rings. The minimum atomic E-state index is -1.34. The van der Waals surface area contributed by atoms with Crippen molar-refractivity contribution in [3.05, 3.63) is 39.7 Å². The molecule has 0 aliphatic heterocycles. The number of amides is 1. The van der Waals surface area contributed by atoms with E-state index in [1.54, 1.807) is 0 Å². The third-order valence-electron chi connectivity index (χ3n) is 2.29. The molecule has 0 saturated heterocycles. The lowest BCUT2D eigenvalue weighted by Gasteiger charge is -2.13. The van der Waals surface area contributed by atoms with Crippen LogP contribution >= 0.6 is 0 Å². The molecule has 1 unspecified atom stereocenters. The van der Waals surface area contributed by atoms with Crippen LogP contribution in [0.2, 0.25) is 0 Å². The van der Waals surface area contributed by atoms with Crippen LogP contribution in [0.25, 0.3) is 0 Å². The highest BCUT2D eigenvalue weighted by Gasteiger charge is 2.22. The average Bonchev–Trinajstić information content (AvgIpc) is 2.37. The quantitative estimate of drug-likeness (QED) is 0.582. The molecule has 0 aromatic heterocycles. The fourth-order valence-corrected chi connectivity index (χ4v) is 1.39. The second kappa shape index (κ2) is 6.57. The molecule has 0 heterocycles. The number of methoxy groups -OCH3 is 1. The van der Waals surface area contributed by atoms with Crippen molar-refractivity contribution >= 4 is 17.6 Å². The molecule has 8 nitrogen and oxygen atoms in total. The van der Waals surface area contributed by atoms with E-state index in [0.29, 0.717) is 6.07 Å². The van der Waals surface area contributed by atoms with Gasteiger partial charge in [0.1, 0.15) is 5.82 Å². The maximum Gasteiger partial charge on any atom is 0.328 e. The highest BCUT2D eigenvalue weighted by atomic mass is 19.1. The van der Waals surface area contributed by atoms with Crippen LogP contribution in [0.4, 0.5) is 10.1 Å². The molecule has 0 aliphatic carbocycles. The van der Waals surface area contributed by atoms with E-state index in [2.05, 4.69) is 10.1 Å². The van der Waals surface area contributed by atoms with Crippen molar-refractivity contribution in [2.75, 3.05) is 13.7 Å². The summed E-state index contributed by atoms with van der Waals surface area (Å²) in [5.74, 6) is -3.26. The zero-order valence-corrected chi connectivity index (χ0v) is 10.3. The van der Waals surface area contributed by atoms with Crippen LogP contribution in [0, 0.1) is 15.9 Å². The van der Waals surface area contributed by atoms with E-state index in [1.165, 1.54) is 7.11 Å². The molecule has 0 bridgehead atoms. The van der Waals surface area contributed by atoms with Gasteiger partial charge >= 0.3 is 5.97 Å². The van der Waals surface area contributed by atoms with E-state index >= 15 is 0 Å². The molecule has 1 atom stereocenters. The summed E-state index contributed by atoms with van der Waals surface area (Å²) in [5.41, 5.74) is -0.951. The predicted octanol–water partition coefficient (Wildman–Crippen LogP) is 0.563. The molecular weight excluding hydrogens is 275 g/mol. The summed E-state index contributed by atoms with van der Waals surface area (Å²) in [6.45, 7) is -0.293. The number of nitro benzene ring substituents is 1. The van der Waals surface area contributed by atoms with Gasteiger partial charge in [0.05, 0.1) is 17.6 Å². The molecule has 1 aromatic carbocycles. The largest absolute Gasteiger partial charge is 0.480 e. The lowest BCUT2D eigenvalue weighted by atomic mass is 10.1. The molecule has 2 N–H and O–H groups in total. The maximum absolute atomic E-state index is 13.2. The van der Waals surface area contributed by atoms with Gasteiger partial charge in [0.15, 0.2) is 6.04 Å². The second-order valence-corrected chi connectivity index (χ2v) is 3.77. The van der Waals surface area contributed by atoms with Gasteiger partial charge in [0.25, 0.3) is 11.6 Å². The van der Waals surface area contributed by atoms with Crippen LogP contribution in [-0.4, -0.2) is 41.7 Å². The number of non-ortho nitro benzene ring substituents is 1. The summed E-state index contributed by atoms with van der Waals surface area (Å²) in [7, 11) is 1.25. The Morgan fingerprint density at radius 1 is 1.50 bits per heavy atom. The molecule has 108 valence electrons. The van der Waals surface area contributed by atoms with Gasteiger partial charge in [-0.2, -0.15) is 0 Å². The molecule has 0 spiro atoms. The summed E-state index contributed by atoms with van der Waals surface area (Å²) in [5, 5.41) is 21.4. The molecule has 0 fully saturated rings. The SMILES string of the molecule is COCC(NC(=O)c1cc(F)cc([N+](=O)[O-])c1)C(=O)O. The number of nitrogens with one attached hydrogen (secondary N) is 1. The fraction of sp³-hybridized carbons (Fsp3) is 0.273. The zero-order valence-electron chi connectivity index (χ0n) is 10.3. The van der Waals surface area contributed by atoms with E-state index in [0.717, 1.165) is 12.1 Å². The smallest absolute Gasteiger partial charge is 0.328 e. The average molecular weight is 286 g/mol. The summed E-state index contributed by atoms with van der Waals surface area (Å²) in [6.07, 6.45) is 0. The summed E-state index contributed by atoms with van der Waals surface area (Å²) >= 11 is 0. The Bertz CT molecular complexity index is 548. The van der Waals surface area contributed by atoms with Crippen molar-refractivity contribution in [1.82, 2.24) is 5.32 Å². The van der Waals surface area contributed by atoms with Gasteiger partial charge in [-0.05, 0) is 6.07 Å². The van der Waals surface area contributed by atoms with Crippen molar-refractivity contribution in [3.8, 4) is 0 Å². The van der Waals surface area contributed by atoms with Crippen LogP contribution in [0.15, 0.2) is 18.2 Å². The molecule has 1 rings (SSSR count). The monoisotopic (exact) mass is 286 g/mol. The number of hydrogen-bond donors (Lipinski definition) is 2. The number of rotatable bonds is 6. The van der Waals surface area contributed by atoms with Gasteiger partial charge in [0, 0.05) is 18.7 Å². The van der Waals surface area contributed by atoms with Crippen molar-refractivity contribution < 1.29 is 28.7 Å². The Morgan fingerprint density at radius 2 is 2.15 bits per heavy atom. The number of nitro groups is 1. The first-order valence-corrected chi connectivity index (χ1v) is 5.32. The minimum absolute atomic E-state index is 0.293. The third-order valence-corrected chi connectivity index (χ3v) is 2.29. The number of benzene rings is 1. The molecule has 0 saturated carbocycles. The van der Waals surface area contributed by atoms with Gasteiger partial charge in [-0.25, -0.2) is 9.18 Å². The van der Waals surface area contributed by atoms with E-state index in [4.69, 9.17) is 5.11 Å². The topological polar surface area (TPSA) is 119 Å². The number of ether oxygens (including phenoxy) is 1. The van der Waals surface area contributed by atoms with Gasteiger partial charge in [-0.15, -0.1) is 0 Å². The molecule has 0 aliphatic rings. The molecular formula is C11H11FN2O6. The second-order valence-electron chi connectivity index (χ2n) is 3.77. The molecule has 9 heteroatoms.